The summed E-state index contributed by atoms with van der Waals surface area (Å²) in [6.07, 6.45) is 1.16. The third-order valence-electron chi connectivity index (χ3n) is 3.77. The summed E-state index contributed by atoms with van der Waals surface area (Å²) in [6.45, 7) is 4.23. The Morgan fingerprint density at radius 3 is 2.76 bits per heavy atom. The van der Waals surface area contributed by atoms with E-state index < -0.39 is 0 Å². The van der Waals surface area contributed by atoms with E-state index in [1.54, 1.807) is 11.3 Å². The van der Waals surface area contributed by atoms with E-state index in [4.69, 9.17) is 23.2 Å². The molecule has 3 rings (SSSR count). The van der Waals surface area contributed by atoms with Crippen LogP contribution in [0.5, 0.6) is 0 Å². The van der Waals surface area contributed by atoms with E-state index in [-0.39, 0.29) is 6.04 Å². The first kappa shape index (κ1) is 15.3. The van der Waals surface area contributed by atoms with Crippen LogP contribution in [0.2, 0.25) is 9.36 Å². The Hall–Kier alpha value is -0.580. The van der Waals surface area contributed by atoms with E-state index in [1.165, 1.54) is 10.4 Å². The first-order chi connectivity index (χ1) is 10.2. The molecule has 1 aromatic carbocycles. The summed E-state index contributed by atoms with van der Waals surface area (Å²) in [5, 5.41) is 4.25. The summed E-state index contributed by atoms with van der Waals surface area (Å²) in [6, 6.07) is 12.5. The summed E-state index contributed by atoms with van der Waals surface area (Å²) in [5.41, 5.74) is 1.24. The largest absolute Gasteiger partial charge is 0.315 e. The van der Waals surface area contributed by atoms with Crippen molar-refractivity contribution >= 4 is 34.5 Å². The van der Waals surface area contributed by atoms with Gasteiger partial charge in [0.1, 0.15) is 0 Å². The molecule has 1 N–H and O–H groups in total. The van der Waals surface area contributed by atoms with Crippen LogP contribution >= 0.6 is 34.5 Å². The molecule has 0 spiro atoms. The monoisotopic (exact) mass is 340 g/mol. The second-order valence-corrected chi connectivity index (χ2v) is 7.42. The van der Waals surface area contributed by atoms with Gasteiger partial charge in [-0.15, -0.1) is 11.3 Å². The van der Waals surface area contributed by atoms with Gasteiger partial charge in [-0.3, -0.25) is 4.90 Å². The third kappa shape index (κ3) is 3.79. The Balaban J connectivity index is 1.97. The molecule has 21 heavy (non-hydrogen) atoms. The van der Waals surface area contributed by atoms with Crippen molar-refractivity contribution in [3.63, 3.8) is 0 Å². The Bertz CT molecular complexity index is 591. The van der Waals surface area contributed by atoms with Crippen LogP contribution in [0.1, 0.15) is 22.9 Å². The molecular weight excluding hydrogens is 323 g/mol. The van der Waals surface area contributed by atoms with Crippen LogP contribution in [0.3, 0.4) is 0 Å². The smallest absolute Gasteiger partial charge is 0.0931 e. The van der Waals surface area contributed by atoms with E-state index in [9.17, 15) is 0 Å². The highest BCUT2D eigenvalue weighted by Crippen LogP contribution is 2.36. The lowest BCUT2D eigenvalue weighted by Gasteiger charge is -2.30. The fraction of sp³-hybridized carbons (Fsp3) is 0.375. The highest BCUT2D eigenvalue weighted by atomic mass is 35.5. The zero-order chi connectivity index (χ0) is 14.7. The minimum absolute atomic E-state index is 0.237. The first-order valence-electron chi connectivity index (χ1n) is 7.19. The van der Waals surface area contributed by atoms with Crippen LogP contribution in [0.15, 0.2) is 36.4 Å². The maximum atomic E-state index is 6.20. The lowest BCUT2D eigenvalue weighted by atomic mass is 10.0. The molecule has 1 aromatic heterocycles. The van der Waals surface area contributed by atoms with Crippen molar-refractivity contribution in [1.82, 2.24) is 10.2 Å². The van der Waals surface area contributed by atoms with Gasteiger partial charge in [0.25, 0.3) is 0 Å². The zero-order valence-electron chi connectivity index (χ0n) is 11.7. The Morgan fingerprint density at radius 2 is 2.00 bits per heavy atom. The molecule has 2 aromatic rings. The van der Waals surface area contributed by atoms with Crippen molar-refractivity contribution in [2.45, 2.75) is 12.5 Å². The number of nitrogens with zero attached hydrogens (tertiary/aromatic N) is 1. The van der Waals surface area contributed by atoms with Gasteiger partial charge in [-0.05, 0) is 42.8 Å². The van der Waals surface area contributed by atoms with Crippen molar-refractivity contribution in [2.24, 2.45) is 0 Å². The Labute approximate surface area is 139 Å². The van der Waals surface area contributed by atoms with Crippen molar-refractivity contribution < 1.29 is 0 Å². The molecule has 1 fully saturated rings. The van der Waals surface area contributed by atoms with Gasteiger partial charge in [0, 0.05) is 29.5 Å². The number of hydrogen-bond acceptors (Lipinski definition) is 3. The molecule has 0 radical (unpaired) electrons. The van der Waals surface area contributed by atoms with Gasteiger partial charge in [-0.1, -0.05) is 35.3 Å². The van der Waals surface area contributed by atoms with E-state index >= 15 is 0 Å². The molecule has 5 heteroatoms. The highest BCUT2D eigenvalue weighted by Gasteiger charge is 2.24. The second-order valence-electron chi connectivity index (χ2n) is 5.24. The molecule has 1 aliphatic rings. The topological polar surface area (TPSA) is 15.3 Å². The van der Waals surface area contributed by atoms with Gasteiger partial charge in [0.2, 0.25) is 0 Å². The lowest BCUT2D eigenvalue weighted by molar-refractivity contribution is 0.244. The van der Waals surface area contributed by atoms with Crippen LogP contribution in [-0.2, 0) is 0 Å². The maximum Gasteiger partial charge on any atom is 0.0931 e. The molecule has 0 saturated carbocycles. The first-order valence-corrected chi connectivity index (χ1v) is 8.77. The number of benzene rings is 1. The molecule has 1 unspecified atom stereocenters. The number of nitrogens with one attached hydrogen (secondary N) is 1. The van der Waals surface area contributed by atoms with Crippen LogP contribution in [0.4, 0.5) is 0 Å². The van der Waals surface area contributed by atoms with Crippen molar-refractivity contribution in [2.75, 3.05) is 26.2 Å². The standard InChI is InChI=1S/C16H18Cl2N2S/c17-13-4-1-3-12(11-13)16(14-5-6-15(18)21-14)20-9-2-7-19-8-10-20/h1,3-6,11,16,19H,2,7-10H2. The van der Waals surface area contributed by atoms with E-state index in [0.717, 1.165) is 42.0 Å². The maximum absolute atomic E-state index is 6.20. The van der Waals surface area contributed by atoms with Gasteiger partial charge in [0.05, 0.1) is 10.4 Å². The third-order valence-corrected chi connectivity index (χ3v) is 5.29. The van der Waals surface area contributed by atoms with E-state index in [0.29, 0.717) is 0 Å². The molecule has 2 heterocycles. The summed E-state index contributed by atoms with van der Waals surface area (Å²) in [5.74, 6) is 0. The van der Waals surface area contributed by atoms with Gasteiger partial charge >= 0.3 is 0 Å². The van der Waals surface area contributed by atoms with Crippen molar-refractivity contribution in [3.8, 4) is 0 Å². The number of rotatable bonds is 3. The summed E-state index contributed by atoms with van der Waals surface area (Å²) >= 11 is 14.0. The molecule has 0 amide bonds. The van der Waals surface area contributed by atoms with Gasteiger partial charge in [-0.2, -0.15) is 0 Å². The number of thiophene rings is 1. The van der Waals surface area contributed by atoms with Crippen molar-refractivity contribution in [3.05, 3.63) is 56.2 Å². The summed E-state index contributed by atoms with van der Waals surface area (Å²) < 4.78 is 0.838. The lowest BCUT2D eigenvalue weighted by Crippen LogP contribution is -2.32. The molecule has 112 valence electrons. The molecule has 1 atom stereocenters. The number of halogens is 2. The Kier molecular flexibility index (Phi) is 5.19. The second kappa shape index (κ2) is 7.12. The minimum Gasteiger partial charge on any atom is -0.315 e. The molecular formula is C16H18Cl2N2S. The zero-order valence-corrected chi connectivity index (χ0v) is 14.0. The van der Waals surface area contributed by atoms with Gasteiger partial charge < -0.3 is 5.32 Å². The molecule has 2 nitrogen and oxygen atoms in total. The molecule has 1 saturated heterocycles. The highest BCUT2D eigenvalue weighted by molar-refractivity contribution is 7.16. The predicted molar refractivity (Wildman–Crippen MR) is 91.7 cm³/mol. The predicted octanol–water partition coefficient (Wildman–Crippen LogP) is 4.44. The van der Waals surface area contributed by atoms with E-state index in [2.05, 4.69) is 28.4 Å². The van der Waals surface area contributed by atoms with Gasteiger partial charge in [-0.25, -0.2) is 0 Å². The van der Waals surface area contributed by atoms with Crippen molar-refractivity contribution in [1.29, 1.82) is 0 Å². The minimum atomic E-state index is 0.237. The van der Waals surface area contributed by atoms with Crippen LogP contribution in [0.25, 0.3) is 0 Å². The normalized spacial score (nSPS) is 18.4. The summed E-state index contributed by atoms with van der Waals surface area (Å²) in [4.78, 5) is 3.80. The summed E-state index contributed by atoms with van der Waals surface area (Å²) in [7, 11) is 0. The average molecular weight is 341 g/mol. The fourth-order valence-corrected chi connectivity index (χ4v) is 4.25. The quantitative estimate of drug-likeness (QED) is 0.888. The number of hydrogen-bond donors (Lipinski definition) is 1. The SMILES string of the molecule is Clc1cccc(C(c2ccc(Cl)s2)N2CCCNCC2)c1. The van der Waals surface area contributed by atoms with E-state index in [1.807, 2.05) is 18.2 Å². The molecule has 0 aliphatic carbocycles. The average Bonchev–Trinajstić information content (AvgIpc) is 2.73. The fourth-order valence-electron chi connectivity index (χ4n) is 2.83. The Morgan fingerprint density at radius 1 is 1.10 bits per heavy atom. The van der Waals surface area contributed by atoms with Crippen LogP contribution in [-0.4, -0.2) is 31.1 Å². The van der Waals surface area contributed by atoms with Gasteiger partial charge in [0.15, 0.2) is 0 Å². The van der Waals surface area contributed by atoms with Crippen LogP contribution in [0, 0.1) is 0 Å². The molecule has 0 bridgehead atoms. The molecule has 1 aliphatic heterocycles. The van der Waals surface area contributed by atoms with Crippen LogP contribution < -0.4 is 5.32 Å².